The molecular formula is C20H18O2S. The van der Waals surface area contributed by atoms with Crippen molar-refractivity contribution in [2.45, 2.75) is 24.0 Å². The highest BCUT2D eigenvalue weighted by molar-refractivity contribution is 7.99. The number of hydrogen-bond acceptors (Lipinski definition) is 3. The van der Waals surface area contributed by atoms with Gasteiger partial charge < -0.3 is 4.42 Å². The summed E-state index contributed by atoms with van der Waals surface area (Å²) in [6.07, 6.45) is 0. The summed E-state index contributed by atoms with van der Waals surface area (Å²) in [4.78, 5) is 12.9. The van der Waals surface area contributed by atoms with E-state index in [-0.39, 0.29) is 11.0 Å². The summed E-state index contributed by atoms with van der Waals surface area (Å²) in [6, 6.07) is 22.3. The van der Waals surface area contributed by atoms with Gasteiger partial charge in [0.15, 0.2) is 5.78 Å². The van der Waals surface area contributed by atoms with Gasteiger partial charge in [0.2, 0.25) is 0 Å². The Kier molecular flexibility index (Phi) is 4.68. The summed E-state index contributed by atoms with van der Waals surface area (Å²) < 4.78 is 5.92. The Morgan fingerprint density at radius 1 is 1.00 bits per heavy atom. The second-order valence-electron chi connectivity index (χ2n) is 5.40. The van der Waals surface area contributed by atoms with Gasteiger partial charge in [-0.05, 0) is 37.6 Å². The molecule has 116 valence electrons. The number of thioether (sulfide) groups is 1. The van der Waals surface area contributed by atoms with E-state index in [9.17, 15) is 4.79 Å². The largest absolute Gasteiger partial charge is 0.464 e. The van der Waals surface area contributed by atoms with E-state index in [2.05, 4.69) is 24.3 Å². The molecule has 0 aliphatic heterocycles. The lowest BCUT2D eigenvalue weighted by atomic mass is 10.1. The van der Waals surface area contributed by atoms with Crippen LogP contribution in [-0.2, 0) is 0 Å². The van der Waals surface area contributed by atoms with Crippen molar-refractivity contribution in [3.8, 4) is 0 Å². The standard InChI is InChI=1S/C20H18O2S/c1-14(21)18-13-19(22-15(18)2)20(16-9-5-3-6-10-16)23-17-11-7-4-8-12-17/h3-13,20H,1-2H3. The molecule has 0 amide bonds. The van der Waals surface area contributed by atoms with E-state index in [0.29, 0.717) is 11.3 Å². The van der Waals surface area contributed by atoms with Gasteiger partial charge in [-0.25, -0.2) is 0 Å². The maximum absolute atomic E-state index is 11.7. The van der Waals surface area contributed by atoms with Gasteiger partial charge in [-0.15, -0.1) is 11.8 Å². The minimum absolute atomic E-state index is 0.0189. The lowest BCUT2D eigenvalue weighted by molar-refractivity contribution is 0.101. The molecule has 0 bridgehead atoms. The molecule has 0 fully saturated rings. The molecule has 3 rings (SSSR count). The smallest absolute Gasteiger partial charge is 0.163 e. The number of carbonyl (C=O) groups is 1. The number of benzene rings is 2. The Morgan fingerprint density at radius 3 is 2.17 bits per heavy atom. The van der Waals surface area contributed by atoms with E-state index in [0.717, 1.165) is 11.3 Å². The molecule has 1 atom stereocenters. The molecule has 0 N–H and O–H groups in total. The van der Waals surface area contributed by atoms with Gasteiger partial charge in [0, 0.05) is 4.90 Å². The average Bonchev–Trinajstić information content (AvgIpc) is 2.96. The molecule has 1 aromatic heterocycles. The van der Waals surface area contributed by atoms with Crippen LogP contribution in [0.25, 0.3) is 0 Å². The predicted molar refractivity (Wildman–Crippen MR) is 94.0 cm³/mol. The van der Waals surface area contributed by atoms with Crippen molar-refractivity contribution < 1.29 is 9.21 Å². The van der Waals surface area contributed by atoms with Crippen molar-refractivity contribution in [3.05, 3.63) is 89.4 Å². The number of Topliss-reactive ketones (excluding diaryl/α,β-unsaturated/α-hetero) is 1. The van der Waals surface area contributed by atoms with Gasteiger partial charge in [0.25, 0.3) is 0 Å². The van der Waals surface area contributed by atoms with Gasteiger partial charge in [0.05, 0.1) is 10.8 Å². The van der Waals surface area contributed by atoms with E-state index < -0.39 is 0 Å². The highest BCUT2D eigenvalue weighted by Gasteiger charge is 2.22. The van der Waals surface area contributed by atoms with Crippen molar-refractivity contribution in [2.24, 2.45) is 0 Å². The zero-order chi connectivity index (χ0) is 16.2. The van der Waals surface area contributed by atoms with E-state index in [1.54, 1.807) is 18.7 Å². The molecule has 0 aliphatic rings. The molecule has 1 heterocycles. The van der Waals surface area contributed by atoms with Crippen LogP contribution in [0, 0.1) is 6.92 Å². The lowest BCUT2D eigenvalue weighted by Crippen LogP contribution is -1.95. The van der Waals surface area contributed by atoms with Crippen LogP contribution in [0.15, 0.2) is 76.0 Å². The topological polar surface area (TPSA) is 30.2 Å². The molecule has 23 heavy (non-hydrogen) atoms. The number of ketones is 1. The highest BCUT2D eigenvalue weighted by atomic mass is 32.2. The number of rotatable bonds is 5. The Hall–Kier alpha value is -2.26. The Bertz CT molecular complexity index is 791. The Morgan fingerprint density at radius 2 is 1.61 bits per heavy atom. The molecule has 0 radical (unpaired) electrons. The van der Waals surface area contributed by atoms with Crippen LogP contribution in [0.1, 0.15) is 39.6 Å². The Balaban J connectivity index is 2.02. The first-order chi connectivity index (χ1) is 11.1. The number of hydrogen-bond donors (Lipinski definition) is 0. The van der Waals surface area contributed by atoms with E-state index in [1.807, 2.05) is 49.4 Å². The molecule has 2 nitrogen and oxygen atoms in total. The monoisotopic (exact) mass is 322 g/mol. The SMILES string of the molecule is CC(=O)c1cc(C(Sc2ccccc2)c2ccccc2)oc1C. The summed E-state index contributed by atoms with van der Waals surface area (Å²) >= 11 is 1.72. The van der Waals surface area contributed by atoms with Crippen LogP contribution in [0.5, 0.6) is 0 Å². The molecule has 0 spiro atoms. The van der Waals surface area contributed by atoms with E-state index >= 15 is 0 Å². The van der Waals surface area contributed by atoms with Crippen LogP contribution in [0.2, 0.25) is 0 Å². The second kappa shape index (κ2) is 6.88. The maximum Gasteiger partial charge on any atom is 0.163 e. The molecule has 0 aliphatic carbocycles. The van der Waals surface area contributed by atoms with Crippen LogP contribution in [-0.4, -0.2) is 5.78 Å². The fraction of sp³-hybridized carbons (Fsp3) is 0.150. The summed E-state index contributed by atoms with van der Waals surface area (Å²) in [5, 5.41) is 0.0189. The zero-order valence-electron chi connectivity index (χ0n) is 13.2. The molecule has 3 heteroatoms. The van der Waals surface area contributed by atoms with Crippen LogP contribution >= 0.6 is 11.8 Å². The molecule has 0 saturated heterocycles. The minimum Gasteiger partial charge on any atom is -0.464 e. The molecule has 1 unspecified atom stereocenters. The van der Waals surface area contributed by atoms with Crippen molar-refractivity contribution in [2.75, 3.05) is 0 Å². The van der Waals surface area contributed by atoms with Crippen LogP contribution in [0.4, 0.5) is 0 Å². The minimum atomic E-state index is 0.0189. The van der Waals surface area contributed by atoms with Gasteiger partial charge in [-0.1, -0.05) is 48.5 Å². The fourth-order valence-electron chi connectivity index (χ4n) is 2.54. The zero-order valence-corrected chi connectivity index (χ0v) is 14.0. The first-order valence-electron chi connectivity index (χ1n) is 7.53. The predicted octanol–water partition coefficient (Wildman–Crippen LogP) is 5.67. The van der Waals surface area contributed by atoms with Crippen molar-refractivity contribution >= 4 is 17.5 Å². The first kappa shape index (κ1) is 15.6. The van der Waals surface area contributed by atoms with E-state index in [1.165, 1.54) is 4.90 Å². The fourth-order valence-corrected chi connectivity index (χ4v) is 3.65. The summed E-state index contributed by atoms with van der Waals surface area (Å²) in [7, 11) is 0. The van der Waals surface area contributed by atoms with Crippen molar-refractivity contribution in [1.82, 2.24) is 0 Å². The van der Waals surface area contributed by atoms with E-state index in [4.69, 9.17) is 4.42 Å². The summed E-state index contributed by atoms with van der Waals surface area (Å²) in [5.74, 6) is 1.53. The second-order valence-corrected chi connectivity index (χ2v) is 6.57. The molecule has 0 saturated carbocycles. The van der Waals surface area contributed by atoms with Gasteiger partial charge in [-0.3, -0.25) is 4.79 Å². The average molecular weight is 322 g/mol. The normalized spacial score (nSPS) is 12.1. The quantitative estimate of drug-likeness (QED) is 0.447. The van der Waals surface area contributed by atoms with Crippen molar-refractivity contribution in [1.29, 1.82) is 0 Å². The van der Waals surface area contributed by atoms with Crippen LogP contribution in [0.3, 0.4) is 0 Å². The lowest BCUT2D eigenvalue weighted by Gasteiger charge is -2.15. The van der Waals surface area contributed by atoms with Crippen molar-refractivity contribution in [3.63, 3.8) is 0 Å². The van der Waals surface area contributed by atoms with Gasteiger partial charge in [-0.2, -0.15) is 0 Å². The number of carbonyl (C=O) groups excluding carboxylic acids is 1. The van der Waals surface area contributed by atoms with Crippen LogP contribution < -0.4 is 0 Å². The highest BCUT2D eigenvalue weighted by Crippen LogP contribution is 2.41. The van der Waals surface area contributed by atoms with Gasteiger partial charge >= 0.3 is 0 Å². The molecule has 3 aromatic rings. The first-order valence-corrected chi connectivity index (χ1v) is 8.41. The Labute approximate surface area is 140 Å². The van der Waals surface area contributed by atoms with Gasteiger partial charge in [0.1, 0.15) is 11.5 Å². The third-order valence-corrected chi connectivity index (χ3v) is 4.96. The summed E-state index contributed by atoms with van der Waals surface area (Å²) in [6.45, 7) is 3.42. The third kappa shape index (κ3) is 3.57. The molecular weight excluding hydrogens is 304 g/mol. The summed E-state index contributed by atoms with van der Waals surface area (Å²) in [5.41, 5.74) is 1.82. The third-order valence-electron chi connectivity index (χ3n) is 3.67. The number of aryl methyl sites for hydroxylation is 1. The number of furan rings is 1. The molecule has 2 aromatic carbocycles. The maximum atomic E-state index is 11.7.